The van der Waals surface area contributed by atoms with Gasteiger partial charge in [-0.15, -0.1) is 0 Å². The van der Waals surface area contributed by atoms with Gasteiger partial charge in [-0.05, 0) is 37.6 Å². The molecule has 27 heavy (non-hydrogen) atoms. The smallest absolute Gasteiger partial charge is 0.321 e. The van der Waals surface area contributed by atoms with E-state index >= 15 is 0 Å². The molecule has 154 valence electrons. The number of hydrogen-bond donors (Lipinski definition) is 0. The van der Waals surface area contributed by atoms with E-state index in [1.165, 1.54) is 24.3 Å². The van der Waals surface area contributed by atoms with E-state index in [4.69, 9.17) is 9.47 Å². The molecule has 1 aromatic carbocycles. The molecule has 8 nitrogen and oxygen atoms in total. The van der Waals surface area contributed by atoms with Crippen LogP contribution in [0.25, 0.3) is 0 Å². The first kappa shape index (κ1) is 23.4. The Balaban J connectivity index is 2.85. The topological polar surface area (TPSA) is 107 Å². The summed E-state index contributed by atoms with van der Waals surface area (Å²) in [6, 6.07) is 5.65. The molecular formula is C17H27NO7S2. The second-order valence-electron chi connectivity index (χ2n) is 5.70. The number of nitrogens with zero attached hydrogens (tertiary/aromatic N) is 1. The lowest BCUT2D eigenvalue weighted by molar-refractivity contribution is -0.143. The van der Waals surface area contributed by atoms with Crippen molar-refractivity contribution in [2.24, 2.45) is 0 Å². The number of rotatable bonds is 12. The molecular weight excluding hydrogens is 394 g/mol. The van der Waals surface area contributed by atoms with Crippen molar-refractivity contribution in [1.29, 1.82) is 0 Å². The minimum atomic E-state index is -3.86. The van der Waals surface area contributed by atoms with E-state index in [0.717, 1.165) is 4.31 Å². The summed E-state index contributed by atoms with van der Waals surface area (Å²) in [5.74, 6) is -0.298. The van der Waals surface area contributed by atoms with Crippen LogP contribution in [0.4, 0.5) is 0 Å². The Labute approximate surface area is 161 Å². The molecule has 1 rings (SSSR count). The SMILES string of the molecule is CCCN(CC(=O)OCC)S(=O)(=O)c1ccc(OCCS(=O)(=O)CC)cc1. The van der Waals surface area contributed by atoms with Gasteiger partial charge in [-0.3, -0.25) is 4.79 Å². The van der Waals surface area contributed by atoms with Crippen LogP contribution in [0.15, 0.2) is 29.2 Å². The second-order valence-corrected chi connectivity index (χ2v) is 10.1. The number of carbonyl (C=O) groups is 1. The summed E-state index contributed by atoms with van der Waals surface area (Å²) in [5.41, 5.74) is 0. The van der Waals surface area contributed by atoms with Crippen LogP contribution in [0.3, 0.4) is 0 Å². The summed E-state index contributed by atoms with van der Waals surface area (Å²) in [4.78, 5) is 11.7. The first-order valence-electron chi connectivity index (χ1n) is 8.75. The second kappa shape index (κ2) is 10.6. The Morgan fingerprint density at radius 1 is 1.04 bits per heavy atom. The van der Waals surface area contributed by atoms with Gasteiger partial charge in [0.25, 0.3) is 0 Å². The zero-order valence-electron chi connectivity index (χ0n) is 15.9. The van der Waals surface area contributed by atoms with Crippen LogP contribution in [0.1, 0.15) is 27.2 Å². The maximum absolute atomic E-state index is 12.8. The fourth-order valence-electron chi connectivity index (χ4n) is 2.17. The highest BCUT2D eigenvalue weighted by molar-refractivity contribution is 7.91. The van der Waals surface area contributed by atoms with E-state index in [9.17, 15) is 21.6 Å². The van der Waals surface area contributed by atoms with Gasteiger partial charge in [0.2, 0.25) is 10.0 Å². The van der Waals surface area contributed by atoms with Crippen molar-refractivity contribution in [2.75, 3.05) is 37.8 Å². The van der Waals surface area contributed by atoms with Crippen LogP contribution < -0.4 is 4.74 Å². The molecule has 0 aliphatic heterocycles. The zero-order valence-corrected chi connectivity index (χ0v) is 17.5. The maximum atomic E-state index is 12.8. The molecule has 0 saturated heterocycles. The summed E-state index contributed by atoms with van der Waals surface area (Å²) in [6.45, 7) is 5.04. The Hall–Kier alpha value is -1.65. The number of sulfone groups is 1. The summed E-state index contributed by atoms with van der Waals surface area (Å²) in [7, 11) is -6.99. The van der Waals surface area contributed by atoms with Gasteiger partial charge in [-0.1, -0.05) is 13.8 Å². The average molecular weight is 422 g/mol. The van der Waals surface area contributed by atoms with Crippen LogP contribution in [-0.2, 0) is 29.4 Å². The molecule has 0 heterocycles. The van der Waals surface area contributed by atoms with E-state index < -0.39 is 25.8 Å². The molecule has 0 aromatic heterocycles. The van der Waals surface area contributed by atoms with Crippen LogP contribution in [0.2, 0.25) is 0 Å². The quantitative estimate of drug-likeness (QED) is 0.470. The largest absolute Gasteiger partial charge is 0.493 e. The molecule has 0 atom stereocenters. The van der Waals surface area contributed by atoms with Gasteiger partial charge in [0.15, 0.2) is 9.84 Å². The van der Waals surface area contributed by atoms with E-state index in [1.807, 2.05) is 6.92 Å². The molecule has 0 fully saturated rings. The first-order chi connectivity index (χ1) is 12.7. The van der Waals surface area contributed by atoms with Crippen molar-refractivity contribution in [1.82, 2.24) is 4.31 Å². The number of hydrogen-bond acceptors (Lipinski definition) is 7. The minimum Gasteiger partial charge on any atom is -0.493 e. The molecule has 0 spiro atoms. The molecule has 0 unspecified atom stereocenters. The van der Waals surface area contributed by atoms with Crippen LogP contribution in [-0.4, -0.2) is 64.9 Å². The third-order valence-corrected chi connectivity index (χ3v) is 7.18. The Bertz CT molecular complexity index is 802. The highest BCUT2D eigenvalue weighted by Gasteiger charge is 2.26. The van der Waals surface area contributed by atoms with Crippen molar-refractivity contribution >= 4 is 25.8 Å². The first-order valence-corrected chi connectivity index (χ1v) is 12.0. The van der Waals surface area contributed by atoms with Crippen molar-refractivity contribution in [3.63, 3.8) is 0 Å². The third-order valence-electron chi connectivity index (χ3n) is 3.65. The molecule has 0 bridgehead atoms. The van der Waals surface area contributed by atoms with E-state index in [0.29, 0.717) is 12.2 Å². The Morgan fingerprint density at radius 2 is 1.67 bits per heavy atom. The highest BCUT2D eigenvalue weighted by Crippen LogP contribution is 2.20. The van der Waals surface area contributed by atoms with Crippen LogP contribution in [0.5, 0.6) is 5.75 Å². The molecule has 0 aliphatic rings. The zero-order chi connectivity index (χ0) is 20.5. The maximum Gasteiger partial charge on any atom is 0.321 e. The number of carbonyl (C=O) groups excluding carboxylic acids is 1. The van der Waals surface area contributed by atoms with Gasteiger partial charge in [0.1, 0.15) is 18.9 Å². The van der Waals surface area contributed by atoms with Crippen LogP contribution in [0, 0.1) is 0 Å². The Morgan fingerprint density at radius 3 is 2.19 bits per heavy atom. The Kier molecular flexibility index (Phi) is 9.20. The average Bonchev–Trinajstić information content (AvgIpc) is 2.62. The third kappa shape index (κ3) is 7.47. The molecule has 0 N–H and O–H groups in total. The van der Waals surface area contributed by atoms with Gasteiger partial charge in [-0.2, -0.15) is 4.31 Å². The van der Waals surface area contributed by atoms with E-state index in [2.05, 4.69) is 0 Å². The van der Waals surface area contributed by atoms with Gasteiger partial charge >= 0.3 is 5.97 Å². The highest BCUT2D eigenvalue weighted by atomic mass is 32.2. The lowest BCUT2D eigenvalue weighted by Gasteiger charge is -2.20. The standard InChI is InChI=1S/C17H27NO7S2/c1-4-11-18(14-17(19)24-5-2)27(22,23)16-9-7-15(8-10-16)25-12-13-26(20,21)6-3/h7-10H,4-6,11-14H2,1-3H3. The van der Waals surface area contributed by atoms with Crippen molar-refractivity contribution < 1.29 is 31.1 Å². The van der Waals surface area contributed by atoms with Crippen molar-refractivity contribution in [3.8, 4) is 5.75 Å². The lowest BCUT2D eigenvalue weighted by atomic mass is 10.3. The van der Waals surface area contributed by atoms with E-state index in [-0.39, 0.29) is 42.7 Å². The van der Waals surface area contributed by atoms with E-state index in [1.54, 1.807) is 13.8 Å². The summed E-state index contributed by atoms with van der Waals surface area (Å²) in [6.07, 6.45) is 0.547. The fourth-order valence-corrected chi connectivity index (χ4v) is 4.27. The molecule has 0 aliphatic carbocycles. The predicted octanol–water partition coefficient (Wildman–Crippen LogP) is 1.46. The monoisotopic (exact) mass is 421 g/mol. The van der Waals surface area contributed by atoms with Gasteiger partial charge < -0.3 is 9.47 Å². The number of benzene rings is 1. The van der Waals surface area contributed by atoms with Gasteiger partial charge in [-0.25, -0.2) is 16.8 Å². The predicted molar refractivity (Wildman–Crippen MR) is 102 cm³/mol. The van der Waals surface area contributed by atoms with Crippen molar-refractivity contribution in [2.45, 2.75) is 32.1 Å². The molecule has 10 heteroatoms. The summed E-state index contributed by atoms with van der Waals surface area (Å²) in [5, 5.41) is 0. The van der Waals surface area contributed by atoms with Gasteiger partial charge in [0, 0.05) is 12.3 Å². The summed E-state index contributed by atoms with van der Waals surface area (Å²) >= 11 is 0. The molecule has 0 saturated carbocycles. The summed E-state index contributed by atoms with van der Waals surface area (Å²) < 4.78 is 59.7. The molecule has 1 aromatic rings. The molecule has 0 amide bonds. The van der Waals surface area contributed by atoms with Gasteiger partial charge in [0.05, 0.1) is 17.3 Å². The fraction of sp³-hybridized carbons (Fsp3) is 0.588. The number of sulfonamides is 1. The molecule has 0 radical (unpaired) electrons. The minimum absolute atomic E-state index is 0.00686. The number of ether oxygens (including phenoxy) is 2. The van der Waals surface area contributed by atoms with Crippen molar-refractivity contribution in [3.05, 3.63) is 24.3 Å². The number of esters is 1. The normalized spacial score (nSPS) is 12.1. The van der Waals surface area contributed by atoms with Crippen LogP contribution >= 0.6 is 0 Å². The lowest BCUT2D eigenvalue weighted by Crippen LogP contribution is -2.37.